The quantitative estimate of drug-likeness (QED) is 0.852. The summed E-state index contributed by atoms with van der Waals surface area (Å²) in [6.07, 6.45) is 6.81. The molecule has 3 heteroatoms. The van der Waals surface area contributed by atoms with Crippen molar-refractivity contribution in [1.29, 1.82) is 0 Å². The van der Waals surface area contributed by atoms with E-state index < -0.39 is 0 Å². The van der Waals surface area contributed by atoms with Gasteiger partial charge in [-0.05, 0) is 31.9 Å². The van der Waals surface area contributed by atoms with Crippen LogP contribution in [0.3, 0.4) is 0 Å². The molecule has 0 heterocycles. The van der Waals surface area contributed by atoms with Gasteiger partial charge < -0.3 is 10.6 Å². The van der Waals surface area contributed by atoms with Crippen LogP contribution in [0.4, 0.5) is 0 Å². The largest absolute Gasteiger partial charge is 0.352 e. The van der Waals surface area contributed by atoms with E-state index in [0.717, 1.165) is 19.3 Å². The number of benzene rings is 1. The molecule has 104 valence electrons. The molecule has 1 atom stereocenters. The van der Waals surface area contributed by atoms with Crippen molar-refractivity contribution in [2.45, 2.75) is 50.6 Å². The maximum atomic E-state index is 12.3. The molecule has 0 radical (unpaired) electrons. The summed E-state index contributed by atoms with van der Waals surface area (Å²) in [5.41, 5.74) is 1.20. The highest BCUT2D eigenvalue weighted by Crippen LogP contribution is 2.17. The number of rotatable bonds is 5. The molecule has 0 aliphatic heterocycles. The number of hydrogen-bond acceptors (Lipinski definition) is 2. The first-order valence-corrected chi connectivity index (χ1v) is 7.31. The lowest BCUT2D eigenvalue weighted by molar-refractivity contribution is -0.123. The molecule has 1 fully saturated rings. The van der Waals surface area contributed by atoms with E-state index in [1.54, 1.807) is 0 Å². The third-order valence-electron chi connectivity index (χ3n) is 3.90. The van der Waals surface area contributed by atoms with Gasteiger partial charge >= 0.3 is 0 Å². The lowest BCUT2D eigenvalue weighted by Gasteiger charge is -2.25. The zero-order valence-electron chi connectivity index (χ0n) is 11.7. The molecule has 0 saturated heterocycles. The summed E-state index contributed by atoms with van der Waals surface area (Å²) in [6.45, 7) is 0. The second-order valence-corrected chi connectivity index (χ2v) is 5.37. The molecule has 0 unspecified atom stereocenters. The van der Waals surface area contributed by atoms with Gasteiger partial charge in [0.05, 0.1) is 6.04 Å². The number of hydrogen-bond donors (Lipinski definition) is 2. The predicted molar refractivity (Wildman–Crippen MR) is 78.0 cm³/mol. The Morgan fingerprint density at radius 2 is 1.89 bits per heavy atom. The van der Waals surface area contributed by atoms with Gasteiger partial charge in [-0.15, -0.1) is 0 Å². The minimum absolute atomic E-state index is 0.135. The Balaban J connectivity index is 1.87. The number of carbonyl (C=O) groups is 1. The summed E-state index contributed by atoms with van der Waals surface area (Å²) in [5, 5.41) is 6.32. The monoisotopic (exact) mass is 260 g/mol. The molecule has 1 aliphatic carbocycles. The first kappa shape index (κ1) is 14.1. The fourth-order valence-corrected chi connectivity index (χ4v) is 2.72. The smallest absolute Gasteiger partial charge is 0.237 e. The molecule has 0 bridgehead atoms. The fourth-order valence-electron chi connectivity index (χ4n) is 2.72. The van der Waals surface area contributed by atoms with Crippen molar-refractivity contribution in [3.63, 3.8) is 0 Å². The van der Waals surface area contributed by atoms with Crippen molar-refractivity contribution in [2.24, 2.45) is 0 Å². The van der Waals surface area contributed by atoms with Gasteiger partial charge in [-0.3, -0.25) is 4.79 Å². The summed E-state index contributed by atoms with van der Waals surface area (Å²) >= 11 is 0. The van der Waals surface area contributed by atoms with Gasteiger partial charge in [-0.2, -0.15) is 0 Å². The van der Waals surface area contributed by atoms with Gasteiger partial charge in [0.25, 0.3) is 0 Å². The average Bonchev–Trinajstić information content (AvgIpc) is 2.47. The van der Waals surface area contributed by atoms with Crippen LogP contribution in [0.2, 0.25) is 0 Å². The molecular weight excluding hydrogens is 236 g/mol. The van der Waals surface area contributed by atoms with E-state index in [1.807, 2.05) is 25.2 Å². The van der Waals surface area contributed by atoms with Gasteiger partial charge in [-0.25, -0.2) is 0 Å². The Labute approximate surface area is 115 Å². The Morgan fingerprint density at radius 3 is 2.53 bits per heavy atom. The molecule has 1 aliphatic rings. The molecule has 0 aromatic heterocycles. The van der Waals surface area contributed by atoms with E-state index in [0.29, 0.717) is 6.04 Å². The molecule has 0 spiro atoms. The van der Waals surface area contributed by atoms with Crippen molar-refractivity contribution in [3.05, 3.63) is 35.9 Å². The van der Waals surface area contributed by atoms with Gasteiger partial charge in [0.1, 0.15) is 0 Å². The lowest BCUT2D eigenvalue weighted by atomic mass is 9.95. The zero-order chi connectivity index (χ0) is 13.5. The standard InChI is InChI=1S/C16H24N2O/c1-17-15(12-13-8-4-2-5-9-13)16(19)18-14-10-6-3-7-11-14/h2,4-5,8-9,14-15,17H,3,6-7,10-12H2,1H3,(H,18,19)/t15-/m0/s1. The van der Waals surface area contributed by atoms with Crippen molar-refractivity contribution >= 4 is 5.91 Å². The summed E-state index contributed by atoms with van der Waals surface area (Å²) in [6, 6.07) is 10.4. The van der Waals surface area contributed by atoms with Crippen LogP contribution in [0, 0.1) is 0 Å². The molecular formula is C16H24N2O. The van der Waals surface area contributed by atoms with Crippen molar-refractivity contribution in [1.82, 2.24) is 10.6 Å². The van der Waals surface area contributed by atoms with Crippen molar-refractivity contribution in [3.8, 4) is 0 Å². The Bertz CT molecular complexity index is 385. The fraction of sp³-hybridized carbons (Fsp3) is 0.562. The van der Waals surface area contributed by atoms with Crippen LogP contribution in [-0.2, 0) is 11.2 Å². The van der Waals surface area contributed by atoms with Crippen LogP contribution in [0.15, 0.2) is 30.3 Å². The highest BCUT2D eigenvalue weighted by atomic mass is 16.2. The summed E-state index contributed by atoms with van der Waals surface area (Å²) in [4.78, 5) is 12.3. The summed E-state index contributed by atoms with van der Waals surface area (Å²) in [7, 11) is 1.86. The predicted octanol–water partition coefficient (Wildman–Crippen LogP) is 2.27. The van der Waals surface area contributed by atoms with Gasteiger partial charge in [0, 0.05) is 6.04 Å². The second-order valence-electron chi connectivity index (χ2n) is 5.37. The maximum Gasteiger partial charge on any atom is 0.237 e. The van der Waals surface area contributed by atoms with Gasteiger partial charge in [0.15, 0.2) is 0 Å². The third-order valence-corrected chi connectivity index (χ3v) is 3.90. The van der Waals surface area contributed by atoms with Crippen LogP contribution >= 0.6 is 0 Å². The van der Waals surface area contributed by atoms with Crippen LogP contribution in [0.1, 0.15) is 37.7 Å². The van der Waals surface area contributed by atoms with E-state index in [1.165, 1.54) is 24.8 Å². The highest BCUT2D eigenvalue weighted by Gasteiger charge is 2.21. The van der Waals surface area contributed by atoms with E-state index in [-0.39, 0.29) is 11.9 Å². The maximum absolute atomic E-state index is 12.3. The number of likely N-dealkylation sites (N-methyl/N-ethyl adjacent to an activating group) is 1. The van der Waals surface area contributed by atoms with E-state index in [2.05, 4.69) is 22.8 Å². The Kier molecular flexibility index (Phi) is 5.40. The summed E-state index contributed by atoms with van der Waals surface area (Å²) < 4.78 is 0. The van der Waals surface area contributed by atoms with Gasteiger partial charge in [-0.1, -0.05) is 49.6 Å². The average molecular weight is 260 g/mol. The zero-order valence-corrected chi connectivity index (χ0v) is 11.7. The third kappa shape index (κ3) is 4.35. The van der Waals surface area contributed by atoms with Crippen LogP contribution in [0.5, 0.6) is 0 Å². The van der Waals surface area contributed by atoms with E-state index in [9.17, 15) is 4.79 Å². The van der Waals surface area contributed by atoms with E-state index in [4.69, 9.17) is 0 Å². The highest BCUT2D eigenvalue weighted by molar-refractivity contribution is 5.82. The number of nitrogens with one attached hydrogen (secondary N) is 2. The molecule has 1 aromatic rings. The van der Waals surface area contributed by atoms with Crippen LogP contribution in [0.25, 0.3) is 0 Å². The minimum atomic E-state index is -0.135. The van der Waals surface area contributed by atoms with Crippen LogP contribution in [-0.4, -0.2) is 25.0 Å². The SMILES string of the molecule is CN[C@@H](Cc1ccccc1)C(=O)NC1CCCCC1. The Hall–Kier alpha value is -1.35. The molecule has 1 saturated carbocycles. The molecule has 1 amide bonds. The lowest BCUT2D eigenvalue weighted by Crippen LogP contribution is -2.48. The second kappa shape index (κ2) is 7.29. The molecule has 1 aromatic carbocycles. The number of amides is 1. The molecule has 2 N–H and O–H groups in total. The minimum Gasteiger partial charge on any atom is -0.352 e. The first-order valence-electron chi connectivity index (χ1n) is 7.31. The van der Waals surface area contributed by atoms with E-state index >= 15 is 0 Å². The van der Waals surface area contributed by atoms with Crippen molar-refractivity contribution < 1.29 is 4.79 Å². The normalized spacial score (nSPS) is 17.9. The first-order chi connectivity index (χ1) is 9.29. The van der Waals surface area contributed by atoms with Crippen LogP contribution < -0.4 is 10.6 Å². The molecule has 3 nitrogen and oxygen atoms in total. The molecule has 2 rings (SSSR count). The molecule has 19 heavy (non-hydrogen) atoms. The topological polar surface area (TPSA) is 41.1 Å². The Morgan fingerprint density at radius 1 is 1.21 bits per heavy atom. The summed E-state index contributed by atoms with van der Waals surface area (Å²) in [5.74, 6) is 0.137. The van der Waals surface area contributed by atoms with Gasteiger partial charge in [0.2, 0.25) is 5.91 Å². The van der Waals surface area contributed by atoms with Crippen molar-refractivity contribution in [2.75, 3.05) is 7.05 Å². The number of carbonyl (C=O) groups excluding carboxylic acids is 1.